The molecule has 82 valence electrons. The largest absolute Gasteiger partial charge is 0.398 e. The van der Waals surface area contributed by atoms with Gasteiger partial charge < -0.3 is 5.73 Å². The second-order valence-corrected chi connectivity index (χ2v) is 6.12. The van der Waals surface area contributed by atoms with Crippen LogP contribution in [0.4, 0.5) is 5.69 Å². The van der Waals surface area contributed by atoms with Crippen molar-refractivity contribution in [1.29, 1.82) is 0 Å². The second-order valence-electron chi connectivity index (χ2n) is 3.17. The summed E-state index contributed by atoms with van der Waals surface area (Å²) in [6, 6.07) is 16.8. The Morgan fingerprint density at radius 2 is 1.56 bits per heavy atom. The Morgan fingerprint density at radius 3 is 2.25 bits per heavy atom. The molecule has 4 heteroatoms. The molecule has 0 aliphatic heterocycles. The molecule has 1 atom stereocenters. The molecule has 1 unspecified atom stereocenters. The van der Waals surface area contributed by atoms with E-state index in [2.05, 4.69) is 0 Å². The lowest BCUT2D eigenvalue weighted by molar-refractivity contribution is 0.691. The van der Waals surface area contributed by atoms with Crippen LogP contribution in [0.15, 0.2) is 64.4 Å². The van der Waals surface area contributed by atoms with E-state index in [1.165, 1.54) is 10.8 Å². The van der Waals surface area contributed by atoms with E-state index in [1.54, 1.807) is 0 Å². The Labute approximate surface area is 101 Å². The number of nitrogens with two attached hydrogens (primary N) is 1. The molecule has 0 bridgehead atoms. The molecular formula is C12H11NOS2. The van der Waals surface area contributed by atoms with Crippen molar-refractivity contribution in [3.05, 3.63) is 54.6 Å². The molecule has 0 fully saturated rings. The predicted molar refractivity (Wildman–Crippen MR) is 69.6 cm³/mol. The molecule has 2 aromatic rings. The number of hydrogen-bond acceptors (Lipinski definition) is 3. The summed E-state index contributed by atoms with van der Waals surface area (Å²) in [5.74, 6) is 0. The van der Waals surface area contributed by atoms with Crippen LogP contribution in [-0.2, 0) is 9.83 Å². The first-order chi connectivity index (χ1) is 7.77. The molecule has 0 heterocycles. The van der Waals surface area contributed by atoms with Gasteiger partial charge in [-0.3, -0.25) is 0 Å². The average Bonchev–Trinajstić information content (AvgIpc) is 2.33. The van der Waals surface area contributed by atoms with Crippen molar-refractivity contribution >= 4 is 26.3 Å². The number of hydrogen-bond donors (Lipinski definition) is 1. The number of nitrogen functional groups attached to an aromatic ring is 1. The third-order valence-electron chi connectivity index (χ3n) is 2.02. The molecule has 2 rings (SSSR count). The Balaban J connectivity index is 2.18. The van der Waals surface area contributed by atoms with Crippen LogP contribution < -0.4 is 5.73 Å². The fourth-order valence-corrected chi connectivity index (χ4v) is 3.72. The van der Waals surface area contributed by atoms with Gasteiger partial charge in [0, 0.05) is 15.5 Å². The van der Waals surface area contributed by atoms with Crippen molar-refractivity contribution in [3.63, 3.8) is 0 Å². The Kier molecular flexibility index (Phi) is 3.64. The van der Waals surface area contributed by atoms with Crippen molar-refractivity contribution in [2.45, 2.75) is 9.79 Å². The third kappa shape index (κ3) is 2.65. The number of anilines is 1. The van der Waals surface area contributed by atoms with Crippen LogP contribution in [0, 0.1) is 0 Å². The molecule has 0 saturated heterocycles. The fourth-order valence-electron chi connectivity index (χ4n) is 1.22. The van der Waals surface area contributed by atoms with Crippen LogP contribution in [0.5, 0.6) is 0 Å². The van der Waals surface area contributed by atoms with E-state index < -0.39 is 9.83 Å². The molecule has 0 amide bonds. The lowest BCUT2D eigenvalue weighted by Crippen LogP contribution is -1.90. The van der Waals surface area contributed by atoms with Gasteiger partial charge in [-0.05, 0) is 35.1 Å². The normalized spacial score (nSPS) is 12.2. The van der Waals surface area contributed by atoms with E-state index in [-0.39, 0.29) is 0 Å². The number of rotatable bonds is 3. The van der Waals surface area contributed by atoms with Crippen LogP contribution in [0.25, 0.3) is 0 Å². The molecule has 0 saturated carbocycles. The highest BCUT2D eigenvalue weighted by atomic mass is 33.1. The minimum atomic E-state index is -1.11. The molecule has 2 nitrogen and oxygen atoms in total. The van der Waals surface area contributed by atoms with Crippen LogP contribution in [0.1, 0.15) is 0 Å². The highest BCUT2D eigenvalue weighted by molar-refractivity contribution is 8.69. The van der Waals surface area contributed by atoms with Gasteiger partial charge in [0.2, 0.25) is 0 Å². The van der Waals surface area contributed by atoms with E-state index in [9.17, 15) is 4.21 Å². The first kappa shape index (κ1) is 11.2. The van der Waals surface area contributed by atoms with Crippen molar-refractivity contribution in [1.82, 2.24) is 0 Å². The quantitative estimate of drug-likeness (QED) is 0.671. The van der Waals surface area contributed by atoms with Gasteiger partial charge in [-0.1, -0.05) is 30.3 Å². The summed E-state index contributed by atoms with van der Waals surface area (Å²) in [4.78, 5) is 1.65. The minimum Gasteiger partial charge on any atom is -0.398 e. The van der Waals surface area contributed by atoms with Gasteiger partial charge in [0.25, 0.3) is 0 Å². The highest BCUT2D eigenvalue weighted by Gasteiger charge is 2.07. The minimum absolute atomic E-state index is 0.664. The van der Waals surface area contributed by atoms with Crippen molar-refractivity contribution in [2.75, 3.05) is 5.73 Å². The van der Waals surface area contributed by atoms with E-state index in [4.69, 9.17) is 5.73 Å². The smallest absolute Gasteiger partial charge is 0.118 e. The maximum Gasteiger partial charge on any atom is 0.118 e. The summed E-state index contributed by atoms with van der Waals surface area (Å²) in [5.41, 5.74) is 6.46. The lowest BCUT2D eigenvalue weighted by atomic mass is 10.3. The molecule has 2 aromatic carbocycles. The summed E-state index contributed by atoms with van der Waals surface area (Å²) in [7, 11) is 0.163. The van der Waals surface area contributed by atoms with Crippen LogP contribution >= 0.6 is 10.8 Å². The molecule has 16 heavy (non-hydrogen) atoms. The summed E-state index contributed by atoms with van der Waals surface area (Å²) in [6.07, 6.45) is 0. The zero-order valence-electron chi connectivity index (χ0n) is 8.50. The summed E-state index contributed by atoms with van der Waals surface area (Å²) in [5, 5.41) is 0. The Morgan fingerprint density at radius 1 is 0.938 bits per heavy atom. The summed E-state index contributed by atoms with van der Waals surface area (Å²) >= 11 is 0. The molecule has 0 aliphatic carbocycles. The van der Waals surface area contributed by atoms with Crippen LogP contribution in [0.3, 0.4) is 0 Å². The molecule has 0 aliphatic rings. The van der Waals surface area contributed by atoms with E-state index >= 15 is 0 Å². The van der Waals surface area contributed by atoms with Gasteiger partial charge in [-0.25, -0.2) is 4.21 Å². The average molecular weight is 249 g/mol. The van der Waals surface area contributed by atoms with Gasteiger partial charge in [-0.15, -0.1) is 0 Å². The van der Waals surface area contributed by atoms with E-state index in [0.29, 0.717) is 5.69 Å². The van der Waals surface area contributed by atoms with E-state index in [0.717, 1.165) is 9.79 Å². The molecule has 0 aromatic heterocycles. The highest BCUT2D eigenvalue weighted by Crippen LogP contribution is 2.30. The predicted octanol–water partition coefficient (Wildman–Crippen LogP) is 3.08. The summed E-state index contributed by atoms with van der Waals surface area (Å²) < 4.78 is 12.0. The van der Waals surface area contributed by atoms with Crippen molar-refractivity contribution in [3.8, 4) is 0 Å². The second kappa shape index (κ2) is 5.18. The fraction of sp³-hybridized carbons (Fsp3) is 0. The van der Waals surface area contributed by atoms with Crippen LogP contribution in [0.2, 0.25) is 0 Å². The zero-order chi connectivity index (χ0) is 11.4. The van der Waals surface area contributed by atoms with Crippen LogP contribution in [-0.4, -0.2) is 4.21 Å². The van der Waals surface area contributed by atoms with Gasteiger partial charge in [0.05, 0.1) is 0 Å². The molecular weight excluding hydrogens is 238 g/mol. The molecule has 0 spiro atoms. The first-order valence-corrected chi connectivity index (χ1v) is 7.25. The van der Waals surface area contributed by atoms with Gasteiger partial charge in [-0.2, -0.15) is 0 Å². The number of benzene rings is 2. The standard InChI is InChI=1S/C12H11NOS2/c13-11-8-4-5-9-12(11)15-16(14)10-6-2-1-3-7-10/h1-9H,13H2. The maximum absolute atomic E-state index is 12.0. The molecule has 2 N–H and O–H groups in total. The lowest BCUT2D eigenvalue weighted by Gasteiger charge is -2.04. The van der Waals surface area contributed by atoms with Crippen molar-refractivity contribution < 1.29 is 4.21 Å². The first-order valence-electron chi connectivity index (χ1n) is 4.77. The zero-order valence-corrected chi connectivity index (χ0v) is 10.1. The Bertz CT molecular complexity index is 499. The maximum atomic E-state index is 12.0. The summed E-state index contributed by atoms with van der Waals surface area (Å²) in [6.45, 7) is 0. The third-order valence-corrected chi connectivity index (χ3v) is 4.95. The topological polar surface area (TPSA) is 43.1 Å². The SMILES string of the molecule is Nc1ccccc1SS(=O)c1ccccc1. The van der Waals surface area contributed by atoms with Gasteiger partial charge >= 0.3 is 0 Å². The monoisotopic (exact) mass is 249 g/mol. The van der Waals surface area contributed by atoms with Gasteiger partial charge in [0.1, 0.15) is 9.83 Å². The number of para-hydroxylation sites is 1. The van der Waals surface area contributed by atoms with E-state index in [1.807, 2.05) is 54.6 Å². The molecule has 0 radical (unpaired) electrons. The Hall–Kier alpha value is -1.26. The van der Waals surface area contributed by atoms with Crippen molar-refractivity contribution in [2.24, 2.45) is 0 Å². The van der Waals surface area contributed by atoms with Gasteiger partial charge in [0.15, 0.2) is 0 Å².